The van der Waals surface area contributed by atoms with E-state index in [0.29, 0.717) is 0 Å². The van der Waals surface area contributed by atoms with Gasteiger partial charge in [-0.3, -0.25) is 0 Å². The second kappa shape index (κ2) is 8.26. The fourth-order valence-electron chi connectivity index (χ4n) is 0.754. The molecule has 0 spiro atoms. The first-order valence-corrected chi connectivity index (χ1v) is 5.90. The Hall–Kier alpha value is -0.920. The normalized spacial score (nSPS) is 10.2. The van der Waals surface area contributed by atoms with E-state index in [-0.39, 0.29) is 5.54 Å². The fourth-order valence-corrected chi connectivity index (χ4v) is 0.754. The summed E-state index contributed by atoms with van der Waals surface area (Å²) >= 11 is 0. The van der Waals surface area contributed by atoms with E-state index in [1.807, 2.05) is 6.92 Å². The van der Waals surface area contributed by atoms with Crippen LogP contribution in [0.1, 0.15) is 48.5 Å². The van der Waals surface area contributed by atoms with Crippen molar-refractivity contribution < 1.29 is 0 Å². The fraction of sp³-hybridized carbons (Fsp3) is 0.714. The van der Waals surface area contributed by atoms with Gasteiger partial charge in [0.25, 0.3) is 0 Å². The molecular weight excluding hydrogens is 196 g/mol. The van der Waals surface area contributed by atoms with E-state index in [4.69, 9.17) is 0 Å². The molecule has 0 radical (unpaired) electrons. The molecule has 16 heavy (non-hydrogen) atoms. The minimum atomic E-state index is 0.0686. The van der Waals surface area contributed by atoms with E-state index in [1.54, 1.807) is 0 Å². The molecule has 0 amide bonds. The van der Waals surface area contributed by atoms with Gasteiger partial charge in [-0.1, -0.05) is 39.5 Å². The van der Waals surface area contributed by atoms with E-state index in [2.05, 4.69) is 65.3 Å². The van der Waals surface area contributed by atoms with Gasteiger partial charge in [0.1, 0.15) is 0 Å². The van der Waals surface area contributed by atoms with Crippen LogP contribution in [0.2, 0.25) is 0 Å². The average Bonchev–Trinajstić information content (AvgIpc) is 1.96. The number of hydrogen-bond donors (Lipinski definition) is 2. The van der Waals surface area contributed by atoms with Crippen LogP contribution in [0.5, 0.6) is 0 Å². The van der Waals surface area contributed by atoms with E-state index in [0.717, 1.165) is 23.9 Å². The zero-order valence-corrected chi connectivity index (χ0v) is 12.2. The average molecular weight is 226 g/mol. The number of nitrogens with one attached hydrogen (secondary N) is 2. The van der Waals surface area contributed by atoms with Gasteiger partial charge < -0.3 is 10.6 Å². The predicted molar refractivity (Wildman–Crippen MR) is 75.4 cm³/mol. The summed E-state index contributed by atoms with van der Waals surface area (Å²) in [5.74, 6) is 1.69. The van der Waals surface area contributed by atoms with Crippen LogP contribution in [0.25, 0.3) is 0 Å². The van der Waals surface area contributed by atoms with E-state index < -0.39 is 0 Å². The Morgan fingerprint density at radius 1 is 1.12 bits per heavy atom. The highest BCUT2D eigenvalue weighted by molar-refractivity contribution is 4.99. The summed E-state index contributed by atoms with van der Waals surface area (Å²) in [4.78, 5) is 0. The molecule has 0 heterocycles. The first-order chi connectivity index (χ1) is 7.04. The number of hydrogen-bond acceptors (Lipinski definition) is 2. The molecule has 0 aromatic heterocycles. The predicted octanol–water partition coefficient (Wildman–Crippen LogP) is 3.67. The molecule has 0 rings (SSSR count). The Bertz CT molecular complexity index is 207. The largest absolute Gasteiger partial charge is 0.369 e. The van der Waals surface area contributed by atoms with E-state index in [9.17, 15) is 0 Å². The molecule has 0 fully saturated rings. The highest BCUT2D eigenvalue weighted by Crippen LogP contribution is 2.00. The van der Waals surface area contributed by atoms with Crippen molar-refractivity contribution in [1.29, 1.82) is 0 Å². The van der Waals surface area contributed by atoms with Crippen LogP contribution in [-0.4, -0.2) is 12.1 Å². The van der Waals surface area contributed by atoms with Crippen LogP contribution in [0.15, 0.2) is 24.6 Å². The highest BCUT2D eigenvalue weighted by Gasteiger charge is 2.08. The summed E-state index contributed by atoms with van der Waals surface area (Å²) in [6, 6.07) is 0. The molecule has 0 bridgehead atoms. The maximum atomic E-state index is 3.85. The van der Waals surface area contributed by atoms with Crippen molar-refractivity contribution in [2.75, 3.05) is 6.54 Å². The molecular formula is C14H30N2. The molecule has 2 nitrogen and oxygen atoms in total. The smallest absolute Gasteiger partial charge is 0.0918 e. The van der Waals surface area contributed by atoms with Crippen LogP contribution < -0.4 is 10.6 Å². The molecule has 0 atom stereocenters. The molecule has 0 aliphatic rings. The maximum absolute atomic E-state index is 3.85. The van der Waals surface area contributed by atoms with Gasteiger partial charge in [-0.15, -0.1) is 0 Å². The SMILES string of the molecule is C=C(C)CNC(=C)NC(C)(C)C.CC(C)C. The summed E-state index contributed by atoms with van der Waals surface area (Å²) in [5.41, 5.74) is 1.17. The lowest BCUT2D eigenvalue weighted by molar-refractivity contribution is 0.456. The molecule has 0 aliphatic heterocycles. The topological polar surface area (TPSA) is 24.1 Å². The van der Waals surface area contributed by atoms with E-state index in [1.165, 1.54) is 0 Å². The molecule has 0 unspecified atom stereocenters. The second-order valence-electron chi connectivity index (χ2n) is 5.90. The standard InChI is InChI=1S/C10H20N2.C4H10/c1-8(2)7-11-9(3)12-10(4,5)6;1-4(2)3/h11-12H,1,3,7H2,2,4-6H3;4H,1-3H3. The van der Waals surface area contributed by atoms with Gasteiger partial charge in [-0.2, -0.15) is 0 Å². The summed E-state index contributed by atoms with van der Waals surface area (Å²) in [6.07, 6.45) is 0. The van der Waals surface area contributed by atoms with Gasteiger partial charge >= 0.3 is 0 Å². The van der Waals surface area contributed by atoms with E-state index >= 15 is 0 Å². The Morgan fingerprint density at radius 2 is 1.50 bits per heavy atom. The van der Waals surface area contributed by atoms with Crippen molar-refractivity contribution >= 4 is 0 Å². The van der Waals surface area contributed by atoms with Gasteiger partial charge in [0.15, 0.2) is 0 Å². The van der Waals surface area contributed by atoms with Gasteiger partial charge in [-0.05, 0) is 33.6 Å². The van der Waals surface area contributed by atoms with Gasteiger partial charge in [0.05, 0.1) is 5.82 Å². The van der Waals surface area contributed by atoms with Gasteiger partial charge in [0, 0.05) is 12.1 Å². The van der Waals surface area contributed by atoms with Crippen molar-refractivity contribution in [3.8, 4) is 0 Å². The molecule has 2 heteroatoms. The Balaban J connectivity index is 0. The van der Waals surface area contributed by atoms with Crippen molar-refractivity contribution in [3.05, 3.63) is 24.6 Å². The molecule has 0 saturated carbocycles. The second-order valence-corrected chi connectivity index (χ2v) is 5.90. The lowest BCUT2D eigenvalue weighted by atomic mass is 10.1. The van der Waals surface area contributed by atoms with Gasteiger partial charge in [0.2, 0.25) is 0 Å². The molecule has 0 saturated heterocycles. The molecule has 0 aromatic rings. The summed E-state index contributed by atoms with van der Waals surface area (Å²) < 4.78 is 0. The van der Waals surface area contributed by atoms with Gasteiger partial charge in [-0.25, -0.2) is 0 Å². The first-order valence-electron chi connectivity index (χ1n) is 5.90. The quantitative estimate of drug-likeness (QED) is 0.715. The van der Waals surface area contributed by atoms with Crippen molar-refractivity contribution in [2.45, 2.75) is 54.0 Å². The van der Waals surface area contributed by atoms with Crippen LogP contribution in [0.4, 0.5) is 0 Å². The zero-order valence-electron chi connectivity index (χ0n) is 12.2. The first kappa shape index (κ1) is 17.5. The minimum absolute atomic E-state index is 0.0686. The van der Waals surface area contributed by atoms with Crippen molar-refractivity contribution in [1.82, 2.24) is 10.6 Å². The van der Waals surface area contributed by atoms with Crippen LogP contribution in [-0.2, 0) is 0 Å². The molecule has 96 valence electrons. The van der Waals surface area contributed by atoms with Crippen LogP contribution in [0, 0.1) is 5.92 Å². The summed E-state index contributed by atoms with van der Waals surface area (Å²) in [7, 11) is 0. The maximum Gasteiger partial charge on any atom is 0.0918 e. The summed E-state index contributed by atoms with van der Waals surface area (Å²) in [5, 5.41) is 6.36. The third kappa shape index (κ3) is 23.2. The monoisotopic (exact) mass is 226 g/mol. The lowest BCUT2D eigenvalue weighted by Gasteiger charge is -2.24. The minimum Gasteiger partial charge on any atom is -0.369 e. The molecule has 0 aromatic carbocycles. The lowest BCUT2D eigenvalue weighted by Crippen LogP contribution is -2.39. The van der Waals surface area contributed by atoms with Crippen LogP contribution >= 0.6 is 0 Å². The number of rotatable bonds is 4. The zero-order chi connectivity index (χ0) is 13.4. The third-order valence-corrected chi connectivity index (χ3v) is 1.13. The van der Waals surface area contributed by atoms with Crippen molar-refractivity contribution in [3.63, 3.8) is 0 Å². The summed E-state index contributed by atoms with van der Waals surface area (Å²) in [6.45, 7) is 23.2. The Morgan fingerprint density at radius 3 is 1.75 bits per heavy atom. The van der Waals surface area contributed by atoms with Crippen molar-refractivity contribution in [2.24, 2.45) is 5.92 Å². The highest BCUT2D eigenvalue weighted by atomic mass is 15.1. The third-order valence-electron chi connectivity index (χ3n) is 1.13. The van der Waals surface area contributed by atoms with Crippen LogP contribution in [0.3, 0.4) is 0 Å². The molecule has 2 N–H and O–H groups in total. The molecule has 0 aliphatic carbocycles. The Kier molecular flexibility index (Phi) is 9.02. The Labute approximate surface area is 102 Å².